The zero-order valence-corrected chi connectivity index (χ0v) is 8.62. The van der Waals surface area contributed by atoms with Crippen molar-refractivity contribution in [1.29, 1.82) is 0 Å². The molecule has 0 radical (unpaired) electrons. The molecule has 1 aliphatic carbocycles. The van der Waals surface area contributed by atoms with E-state index in [0.717, 1.165) is 12.3 Å². The second-order valence-electron chi connectivity index (χ2n) is 4.94. The van der Waals surface area contributed by atoms with E-state index in [0.29, 0.717) is 18.6 Å². The van der Waals surface area contributed by atoms with Crippen molar-refractivity contribution in [2.75, 3.05) is 6.61 Å². The average molecular weight is 184 g/mol. The quantitative estimate of drug-likeness (QED) is 0.680. The van der Waals surface area contributed by atoms with Crippen LogP contribution in [0.1, 0.15) is 39.5 Å². The first-order chi connectivity index (χ1) is 6.15. The van der Waals surface area contributed by atoms with Gasteiger partial charge in [0.05, 0.1) is 11.7 Å². The number of aliphatic hydroxyl groups is 1. The molecule has 1 heterocycles. The zero-order chi connectivity index (χ0) is 9.47. The van der Waals surface area contributed by atoms with Gasteiger partial charge < -0.3 is 9.84 Å². The Morgan fingerprint density at radius 1 is 1.62 bits per heavy atom. The molecule has 2 heteroatoms. The highest BCUT2D eigenvalue weighted by molar-refractivity contribution is 5.03. The third kappa shape index (κ3) is 1.75. The number of hydrogen-bond acceptors (Lipinski definition) is 2. The highest BCUT2D eigenvalue weighted by Crippen LogP contribution is 2.50. The number of ether oxygens (including phenoxy) is 1. The molecular weight excluding hydrogens is 164 g/mol. The van der Waals surface area contributed by atoms with E-state index in [1.165, 1.54) is 19.3 Å². The molecule has 1 N–H and O–H groups in total. The monoisotopic (exact) mass is 184 g/mol. The van der Waals surface area contributed by atoms with Crippen LogP contribution < -0.4 is 0 Å². The average Bonchev–Trinajstić information content (AvgIpc) is 2.75. The van der Waals surface area contributed by atoms with Crippen LogP contribution in [-0.2, 0) is 4.74 Å². The molecule has 1 aliphatic heterocycles. The van der Waals surface area contributed by atoms with Crippen LogP contribution in [0.4, 0.5) is 0 Å². The summed E-state index contributed by atoms with van der Waals surface area (Å²) in [6.45, 7) is 4.82. The van der Waals surface area contributed by atoms with Crippen molar-refractivity contribution < 1.29 is 9.84 Å². The highest BCUT2D eigenvalue weighted by Gasteiger charge is 2.55. The number of fused-ring (bicyclic) bond motifs is 1. The van der Waals surface area contributed by atoms with Crippen molar-refractivity contribution in [3.05, 3.63) is 0 Å². The first kappa shape index (κ1) is 9.47. The Kier molecular flexibility index (Phi) is 2.37. The van der Waals surface area contributed by atoms with E-state index >= 15 is 0 Å². The summed E-state index contributed by atoms with van der Waals surface area (Å²) < 4.78 is 5.66. The summed E-state index contributed by atoms with van der Waals surface area (Å²) in [5, 5.41) is 8.86. The van der Waals surface area contributed by atoms with Crippen molar-refractivity contribution in [3.63, 3.8) is 0 Å². The van der Waals surface area contributed by atoms with Gasteiger partial charge >= 0.3 is 0 Å². The fourth-order valence-corrected chi connectivity index (χ4v) is 2.63. The van der Waals surface area contributed by atoms with Gasteiger partial charge in [0.1, 0.15) is 0 Å². The second kappa shape index (κ2) is 3.25. The second-order valence-corrected chi connectivity index (χ2v) is 4.94. The Morgan fingerprint density at radius 2 is 2.38 bits per heavy atom. The van der Waals surface area contributed by atoms with Gasteiger partial charge in [-0.25, -0.2) is 0 Å². The van der Waals surface area contributed by atoms with Gasteiger partial charge in [-0.15, -0.1) is 0 Å². The first-order valence-electron chi connectivity index (χ1n) is 5.44. The maximum absolute atomic E-state index is 8.86. The predicted octanol–water partition coefficient (Wildman–Crippen LogP) is 1.96. The van der Waals surface area contributed by atoms with E-state index in [1.54, 1.807) is 0 Å². The molecule has 0 spiro atoms. The smallest absolute Gasteiger partial charge is 0.0920 e. The lowest BCUT2D eigenvalue weighted by atomic mass is 9.76. The molecule has 0 aromatic rings. The molecule has 2 nitrogen and oxygen atoms in total. The third-order valence-electron chi connectivity index (χ3n) is 3.95. The number of epoxide rings is 1. The maximum Gasteiger partial charge on any atom is 0.0920 e. The van der Waals surface area contributed by atoms with Gasteiger partial charge in [0.2, 0.25) is 0 Å². The van der Waals surface area contributed by atoms with Crippen molar-refractivity contribution in [2.45, 2.75) is 51.2 Å². The van der Waals surface area contributed by atoms with Gasteiger partial charge in [-0.3, -0.25) is 0 Å². The summed E-state index contributed by atoms with van der Waals surface area (Å²) in [5.41, 5.74) is 0.245. The van der Waals surface area contributed by atoms with Crippen molar-refractivity contribution in [2.24, 2.45) is 11.8 Å². The molecule has 0 amide bonds. The summed E-state index contributed by atoms with van der Waals surface area (Å²) in [6, 6.07) is 0. The molecule has 0 aromatic heterocycles. The largest absolute Gasteiger partial charge is 0.396 e. The van der Waals surface area contributed by atoms with Gasteiger partial charge in [0.25, 0.3) is 0 Å². The molecule has 4 unspecified atom stereocenters. The van der Waals surface area contributed by atoms with Crippen LogP contribution in [0.25, 0.3) is 0 Å². The SMILES string of the molecule is CC(CCO)C1CCC2(C)OC2C1. The van der Waals surface area contributed by atoms with E-state index in [9.17, 15) is 0 Å². The van der Waals surface area contributed by atoms with Crippen LogP contribution in [0.2, 0.25) is 0 Å². The molecule has 1 saturated carbocycles. The van der Waals surface area contributed by atoms with E-state index in [2.05, 4.69) is 13.8 Å². The van der Waals surface area contributed by atoms with Crippen LogP contribution >= 0.6 is 0 Å². The number of aliphatic hydroxyl groups excluding tert-OH is 1. The van der Waals surface area contributed by atoms with Crippen LogP contribution in [0, 0.1) is 11.8 Å². The third-order valence-corrected chi connectivity index (χ3v) is 3.95. The van der Waals surface area contributed by atoms with Crippen LogP contribution in [0.15, 0.2) is 0 Å². The molecule has 2 aliphatic rings. The van der Waals surface area contributed by atoms with Crippen LogP contribution in [0.5, 0.6) is 0 Å². The Balaban J connectivity index is 1.83. The Morgan fingerprint density at radius 3 is 3.00 bits per heavy atom. The Hall–Kier alpha value is -0.0800. The van der Waals surface area contributed by atoms with Gasteiger partial charge in [0.15, 0.2) is 0 Å². The minimum Gasteiger partial charge on any atom is -0.396 e. The van der Waals surface area contributed by atoms with E-state index in [1.807, 2.05) is 0 Å². The lowest BCUT2D eigenvalue weighted by Crippen LogP contribution is -2.25. The van der Waals surface area contributed by atoms with Crippen LogP contribution in [-0.4, -0.2) is 23.4 Å². The summed E-state index contributed by atoms with van der Waals surface area (Å²) in [4.78, 5) is 0. The van der Waals surface area contributed by atoms with Gasteiger partial charge in [-0.2, -0.15) is 0 Å². The fourth-order valence-electron chi connectivity index (χ4n) is 2.63. The molecular formula is C11H20O2. The summed E-state index contributed by atoms with van der Waals surface area (Å²) in [6.07, 6.45) is 5.21. The van der Waals surface area contributed by atoms with Crippen molar-refractivity contribution in [3.8, 4) is 0 Å². The predicted molar refractivity (Wildman–Crippen MR) is 51.5 cm³/mol. The molecule has 13 heavy (non-hydrogen) atoms. The van der Waals surface area contributed by atoms with Gasteiger partial charge in [-0.1, -0.05) is 6.92 Å². The molecule has 2 rings (SSSR count). The molecule has 76 valence electrons. The van der Waals surface area contributed by atoms with E-state index in [-0.39, 0.29) is 5.60 Å². The van der Waals surface area contributed by atoms with Crippen molar-refractivity contribution >= 4 is 0 Å². The number of hydrogen-bond donors (Lipinski definition) is 1. The number of rotatable bonds is 3. The summed E-state index contributed by atoms with van der Waals surface area (Å²) in [7, 11) is 0. The normalized spacial score (nSPS) is 45.5. The minimum atomic E-state index is 0.245. The molecule has 0 aromatic carbocycles. The van der Waals surface area contributed by atoms with Crippen LogP contribution in [0.3, 0.4) is 0 Å². The molecule has 2 fully saturated rings. The maximum atomic E-state index is 8.86. The van der Waals surface area contributed by atoms with E-state index < -0.39 is 0 Å². The van der Waals surface area contributed by atoms with E-state index in [4.69, 9.17) is 9.84 Å². The zero-order valence-electron chi connectivity index (χ0n) is 8.62. The lowest BCUT2D eigenvalue weighted by molar-refractivity contribution is 0.200. The van der Waals surface area contributed by atoms with Gasteiger partial charge in [0, 0.05) is 6.61 Å². The standard InChI is InChI=1S/C11H20O2/c1-8(4-6-12)9-3-5-11(2)10(7-9)13-11/h8-10,12H,3-7H2,1-2H3. The Labute approximate surface area is 80.3 Å². The van der Waals surface area contributed by atoms with Gasteiger partial charge in [-0.05, 0) is 44.4 Å². The molecule has 1 saturated heterocycles. The summed E-state index contributed by atoms with van der Waals surface area (Å²) >= 11 is 0. The topological polar surface area (TPSA) is 32.8 Å². The Bertz CT molecular complexity index is 193. The fraction of sp³-hybridized carbons (Fsp3) is 1.00. The lowest BCUT2D eigenvalue weighted by Gasteiger charge is -2.27. The molecule has 0 bridgehead atoms. The molecule has 4 atom stereocenters. The minimum absolute atomic E-state index is 0.245. The first-order valence-corrected chi connectivity index (χ1v) is 5.44. The highest BCUT2D eigenvalue weighted by atomic mass is 16.6. The summed E-state index contributed by atoms with van der Waals surface area (Å²) in [5.74, 6) is 1.45. The van der Waals surface area contributed by atoms with Crippen molar-refractivity contribution in [1.82, 2.24) is 0 Å².